The van der Waals surface area contributed by atoms with Crippen LogP contribution >= 0.6 is 23.2 Å². The van der Waals surface area contributed by atoms with Gasteiger partial charge in [0.05, 0.1) is 0 Å². The van der Waals surface area contributed by atoms with Gasteiger partial charge in [-0.25, -0.2) is 0 Å². The van der Waals surface area contributed by atoms with Crippen LogP contribution in [0.15, 0.2) is 0 Å². The zero-order valence-electron chi connectivity index (χ0n) is 8.01. The quantitative estimate of drug-likeness (QED) is 0.748. The fourth-order valence-corrected chi connectivity index (χ4v) is 3.09. The lowest BCUT2D eigenvalue weighted by Gasteiger charge is -2.21. The molecule has 2 rings (SSSR count). The Morgan fingerprint density at radius 3 is 2.64 bits per heavy atom. The Kier molecular flexibility index (Phi) is 3.23. The van der Waals surface area contributed by atoms with Gasteiger partial charge in [-0.2, -0.15) is 0 Å². The molecular formula is C10H15Cl2NO. The Hall–Kier alpha value is 0.0500. The molecule has 2 aliphatic carbocycles. The molecule has 0 spiro atoms. The van der Waals surface area contributed by atoms with Gasteiger partial charge in [-0.3, -0.25) is 4.79 Å². The molecule has 0 heterocycles. The van der Waals surface area contributed by atoms with Gasteiger partial charge in [0, 0.05) is 6.54 Å². The number of amides is 1. The van der Waals surface area contributed by atoms with Crippen LogP contribution < -0.4 is 5.32 Å². The molecule has 80 valence electrons. The summed E-state index contributed by atoms with van der Waals surface area (Å²) < 4.78 is 0. The summed E-state index contributed by atoms with van der Waals surface area (Å²) in [5.41, 5.74) is 0. The van der Waals surface area contributed by atoms with Crippen LogP contribution in [-0.2, 0) is 4.79 Å². The number of hydrogen-bond donors (Lipinski definition) is 1. The lowest BCUT2D eigenvalue weighted by molar-refractivity contribution is -0.119. The van der Waals surface area contributed by atoms with Gasteiger partial charge in [-0.15, -0.1) is 0 Å². The van der Waals surface area contributed by atoms with Gasteiger partial charge in [0.15, 0.2) is 4.84 Å². The van der Waals surface area contributed by atoms with E-state index in [1.165, 1.54) is 25.7 Å². The summed E-state index contributed by atoms with van der Waals surface area (Å²) in [6.45, 7) is 0.760. The predicted octanol–water partition coefficient (Wildman–Crippen LogP) is 2.34. The van der Waals surface area contributed by atoms with Gasteiger partial charge >= 0.3 is 0 Å². The lowest BCUT2D eigenvalue weighted by atomic mass is 9.89. The summed E-state index contributed by atoms with van der Waals surface area (Å²) in [6.07, 6.45) is 5.38. The molecule has 3 unspecified atom stereocenters. The van der Waals surface area contributed by atoms with Crippen molar-refractivity contribution in [1.82, 2.24) is 5.32 Å². The van der Waals surface area contributed by atoms with Crippen molar-refractivity contribution in [1.29, 1.82) is 0 Å². The third-order valence-electron chi connectivity index (χ3n) is 3.62. The monoisotopic (exact) mass is 235 g/mol. The van der Waals surface area contributed by atoms with Gasteiger partial charge in [0.25, 0.3) is 5.91 Å². The summed E-state index contributed by atoms with van der Waals surface area (Å²) in [4.78, 5) is 10.2. The van der Waals surface area contributed by atoms with Gasteiger partial charge < -0.3 is 5.32 Å². The Labute approximate surface area is 94.3 Å². The second-order valence-corrected chi connectivity index (χ2v) is 5.58. The maximum atomic E-state index is 11.1. The van der Waals surface area contributed by atoms with Crippen LogP contribution in [0, 0.1) is 17.8 Å². The molecule has 2 aliphatic rings. The molecular weight excluding hydrogens is 221 g/mol. The highest BCUT2D eigenvalue weighted by atomic mass is 35.5. The summed E-state index contributed by atoms with van der Waals surface area (Å²) in [7, 11) is 0. The molecule has 0 aromatic carbocycles. The number of nitrogens with one attached hydrogen (secondary N) is 1. The molecule has 4 heteroatoms. The van der Waals surface area contributed by atoms with Crippen molar-refractivity contribution < 1.29 is 4.79 Å². The predicted molar refractivity (Wildman–Crippen MR) is 57.4 cm³/mol. The Morgan fingerprint density at radius 1 is 1.36 bits per heavy atom. The van der Waals surface area contributed by atoms with Crippen LogP contribution in [0.4, 0.5) is 0 Å². The molecule has 2 saturated carbocycles. The highest BCUT2D eigenvalue weighted by Crippen LogP contribution is 2.47. The lowest BCUT2D eigenvalue weighted by Crippen LogP contribution is -2.34. The van der Waals surface area contributed by atoms with E-state index in [1.807, 2.05) is 0 Å². The molecule has 0 aromatic heterocycles. The topological polar surface area (TPSA) is 29.1 Å². The van der Waals surface area contributed by atoms with E-state index in [-0.39, 0.29) is 5.91 Å². The van der Waals surface area contributed by atoms with Crippen molar-refractivity contribution in [3.05, 3.63) is 0 Å². The molecule has 14 heavy (non-hydrogen) atoms. The summed E-state index contributed by atoms with van der Waals surface area (Å²) >= 11 is 10.9. The number of rotatable bonds is 3. The Morgan fingerprint density at radius 2 is 2.14 bits per heavy atom. The first kappa shape index (κ1) is 10.6. The van der Waals surface area contributed by atoms with Crippen LogP contribution in [-0.4, -0.2) is 17.3 Å². The second kappa shape index (κ2) is 4.28. The Balaban J connectivity index is 1.74. The maximum Gasteiger partial charge on any atom is 0.253 e. The van der Waals surface area contributed by atoms with Gasteiger partial charge in [-0.05, 0) is 37.0 Å². The molecule has 0 radical (unpaired) electrons. The van der Waals surface area contributed by atoms with Gasteiger partial charge in [-0.1, -0.05) is 29.6 Å². The molecule has 1 N–H and O–H groups in total. The molecule has 0 aromatic rings. The largest absolute Gasteiger partial charge is 0.353 e. The number of halogens is 2. The average Bonchev–Trinajstić information content (AvgIpc) is 2.74. The van der Waals surface area contributed by atoms with E-state index in [4.69, 9.17) is 23.2 Å². The fraction of sp³-hybridized carbons (Fsp3) is 0.900. The van der Waals surface area contributed by atoms with Crippen LogP contribution in [0.1, 0.15) is 25.7 Å². The number of carbonyl (C=O) groups is 1. The summed E-state index contributed by atoms with van der Waals surface area (Å²) in [5.74, 6) is 2.18. The van der Waals surface area contributed by atoms with E-state index in [9.17, 15) is 4.79 Å². The molecule has 2 nitrogen and oxygen atoms in total. The maximum absolute atomic E-state index is 11.1. The van der Waals surface area contributed by atoms with Crippen molar-refractivity contribution in [2.24, 2.45) is 17.8 Å². The summed E-state index contributed by atoms with van der Waals surface area (Å²) in [5, 5.41) is 2.81. The zero-order chi connectivity index (χ0) is 10.1. The van der Waals surface area contributed by atoms with E-state index in [0.717, 1.165) is 18.4 Å². The summed E-state index contributed by atoms with van der Waals surface area (Å²) in [6, 6.07) is 0. The smallest absolute Gasteiger partial charge is 0.253 e. The minimum absolute atomic E-state index is 0.254. The van der Waals surface area contributed by atoms with Crippen LogP contribution in [0.5, 0.6) is 0 Å². The number of alkyl halides is 2. The van der Waals surface area contributed by atoms with E-state index in [1.54, 1.807) is 0 Å². The van der Waals surface area contributed by atoms with Crippen LogP contribution in [0.2, 0.25) is 0 Å². The molecule has 0 aliphatic heterocycles. The molecule has 1 amide bonds. The van der Waals surface area contributed by atoms with Crippen molar-refractivity contribution in [3.63, 3.8) is 0 Å². The number of fused-ring (bicyclic) bond motifs is 2. The molecule has 3 atom stereocenters. The van der Waals surface area contributed by atoms with E-state index in [0.29, 0.717) is 5.92 Å². The first-order chi connectivity index (χ1) is 6.66. The molecule has 2 bridgehead atoms. The SMILES string of the molecule is O=C(NCC1CC2CCC1C2)C(Cl)Cl. The minimum atomic E-state index is -0.923. The standard InChI is InChI=1S/C10H15Cl2NO/c11-9(12)10(14)13-5-8-4-6-1-2-7(8)3-6/h6-9H,1-5H2,(H,13,14). The normalized spacial score (nSPS) is 35.2. The van der Waals surface area contributed by atoms with Crippen molar-refractivity contribution in [2.75, 3.05) is 6.54 Å². The van der Waals surface area contributed by atoms with E-state index >= 15 is 0 Å². The minimum Gasteiger partial charge on any atom is -0.353 e. The van der Waals surface area contributed by atoms with Crippen molar-refractivity contribution >= 4 is 29.1 Å². The highest BCUT2D eigenvalue weighted by Gasteiger charge is 2.39. The fourth-order valence-electron chi connectivity index (χ4n) is 2.94. The zero-order valence-corrected chi connectivity index (χ0v) is 9.52. The van der Waals surface area contributed by atoms with Crippen LogP contribution in [0.3, 0.4) is 0 Å². The van der Waals surface area contributed by atoms with Gasteiger partial charge in [0.1, 0.15) is 0 Å². The first-order valence-electron chi connectivity index (χ1n) is 5.22. The third-order valence-corrected chi connectivity index (χ3v) is 4.02. The Bertz CT molecular complexity index is 232. The van der Waals surface area contributed by atoms with Crippen molar-refractivity contribution in [3.8, 4) is 0 Å². The van der Waals surface area contributed by atoms with Crippen molar-refractivity contribution in [2.45, 2.75) is 30.5 Å². The number of carbonyl (C=O) groups excluding carboxylic acids is 1. The second-order valence-electron chi connectivity index (χ2n) is 4.48. The average molecular weight is 236 g/mol. The molecule has 0 saturated heterocycles. The number of hydrogen-bond acceptors (Lipinski definition) is 1. The highest BCUT2D eigenvalue weighted by molar-refractivity contribution is 6.53. The molecule has 2 fully saturated rings. The van der Waals surface area contributed by atoms with Gasteiger partial charge in [0.2, 0.25) is 0 Å². The van der Waals surface area contributed by atoms with E-state index in [2.05, 4.69) is 5.32 Å². The van der Waals surface area contributed by atoms with Crippen LogP contribution in [0.25, 0.3) is 0 Å². The van der Waals surface area contributed by atoms with E-state index < -0.39 is 4.84 Å². The first-order valence-corrected chi connectivity index (χ1v) is 6.10. The third kappa shape index (κ3) is 2.17.